The molecule has 1 aromatic rings. The summed E-state index contributed by atoms with van der Waals surface area (Å²) in [5, 5.41) is 3.56. The number of hydrogen-bond donors (Lipinski definition) is 1. The Bertz CT molecular complexity index is 358. The van der Waals surface area contributed by atoms with E-state index in [0.29, 0.717) is 18.0 Å². The van der Waals surface area contributed by atoms with E-state index in [1.165, 1.54) is 5.69 Å². The lowest BCUT2D eigenvalue weighted by Gasteiger charge is -2.42. The molecule has 17 heavy (non-hydrogen) atoms. The van der Waals surface area contributed by atoms with Gasteiger partial charge in [-0.3, -0.25) is 4.98 Å². The summed E-state index contributed by atoms with van der Waals surface area (Å²) in [6.07, 6.45) is 2.00. The number of hydrogen-bond acceptors (Lipinski definition) is 3. The number of anilines is 1. The second-order valence-electron chi connectivity index (χ2n) is 5.43. The third-order valence-electron chi connectivity index (χ3n) is 3.54. The van der Waals surface area contributed by atoms with Crippen molar-refractivity contribution in [1.82, 2.24) is 10.3 Å². The molecule has 0 spiro atoms. The first-order valence-corrected chi connectivity index (χ1v) is 6.50. The van der Waals surface area contributed by atoms with E-state index in [1.54, 1.807) is 0 Å². The molecule has 1 aliphatic rings. The third kappa shape index (κ3) is 2.78. The number of aromatic nitrogens is 1. The second-order valence-corrected chi connectivity index (χ2v) is 5.43. The van der Waals surface area contributed by atoms with Gasteiger partial charge in [0.1, 0.15) is 0 Å². The molecule has 94 valence electrons. The van der Waals surface area contributed by atoms with Crippen LogP contribution in [0.4, 0.5) is 5.69 Å². The molecule has 2 unspecified atom stereocenters. The lowest BCUT2D eigenvalue weighted by molar-refractivity contribution is 0.349. The highest BCUT2D eigenvalue weighted by molar-refractivity contribution is 5.46. The number of piperazine rings is 1. The van der Waals surface area contributed by atoms with Gasteiger partial charge in [0.05, 0.1) is 11.9 Å². The summed E-state index contributed by atoms with van der Waals surface area (Å²) < 4.78 is 0. The Hall–Kier alpha value is -1.09. The number of nitrogens with one attached hydrogen (secondary N) is 1. The van der Waals surface area contributed by atoms with Gasteiger partial charge in [0, 0.05) is 30.9 Å². The van der Waals surface area contributed by atoms with E-state index in [0.717, 1.165) is 18.8 Å². The average Bonchev–Trinajstić information content (AvgIpc) is 2.29. The Morgan fingerprint density at radius 2 is 2.18 bits per heavy atom. The Balaban J connectivity index is 2.22. The highest BCUT2D eigenvalue weighted by Gasteiger charge is 2.28. The summed E-state index contributed by atoms with van der Waals surface area (Å²) in [5.41, 5.74) is 2.33. The van der Waals surface area contributed by atoms with E-state index in [-0.39, 0.29) is 0 Å². The van der Waals surface area contributed by atoms with Crippen LogP contribution in [0, 0.1) is 12.8 Å². The molecule has 0 saturated carbocycles. The fourth-order valence-corrected chi connectivity index (χ4v) is 2.45. The second kappa shape index (κ2) is 5.05. The predicted octanol–water partition coefficient (Wildman–Crippen LogP) is 2.21. The molecule has 1 aromatic heterocycles. The lowest BCUT2D eigenvalue weighted by Crippen LogP contribution is -2.57. The first kappa shape index (κ1) is 12.4. The molecule has 1 aliphatic heterocycles. The molecule has 1 saturated heterocycles. The van der Waals surface area contributed by atoms with Crippen LogP contribution in [0.25, 0.3) is 0 Å². The lowest BCUT2D eigenvalue weighted by atomic mass is 9.98. The minimum atomic E-state index is 0.548. The molecule has 1 N–H and O–H groups in total. The van der Waals surface area contributed by atoms with Crippen LogP contribution in [0.15, 0.2) is 18.3 Å². The zero-order chi connectivity index (χ0) is 12.4. The van der Waals surface area contributed by atoms with Gasteiger partial charge in [-0.25, -0.2) is 0 Å². The van der Waals surface area contributed by atoms with Crippen molar-refractivity contribution in [3.05, 3.63) is 24.0 Å². The van der Waals surface area contributed by atoms with Crippen LogP contribution in [0.3, 0.4) is 0 Å². The molecule has 0 amide bonds. The Morgan fingerprint density at radius 3 is 2.76 bits per heavy atom. The van der Waals surface area contributed by atoms with Crippen LogP contribution in [0.1, 0.15) is 26.5 Å². The fraction of sp³-hybridized carbons (Fsp3) is 0.643. The summed E-state index contributed by atoms with van der Waals surface area (Å²) in [4.78, 5) is 6.91. The van der Waals surface area contributed by atoms with Gasteiger partial charge in [0.15, 0.2) is 0 Å². The van der Waals surface area contributed by atoms with Crippen molar-refractivity contribution in [2.75, 3.05) is 18.0 Å². The number of pyridine rings is 1. The fourth-order valence-electron chi connectivity index (χ4n) is 2.45. The van der Waals surface area contributed by atoms with Crippen molar-refractivity contribution >= 4 is 5.69 Å². The van der Waals surface area contributed by atoms with E-state index in [4.69, 9.17) is 0 Å². The molecule has 0 radical (unpaired) electrons. The smallest absolute Gasteiger partial charge is 0.0556 e. The summed E-state index contributed by atoms with van der Waals surface area (Å²) >= 11 is 0. The van der Waals surface area contributed by atoms with Crippen molar-refractivity contribution in [3.63, 3.8) is 0 Å². The molecule has 2 heterocycles. The van der Waals surface area contributed by atoms with Gasteiger partial charge in [-0.2, -0.15) is 0 Å². The molecule has 3 heteroatoms. The van der Waals surface area contributed by atoms with E-state index in [9.17, 15) is 0 Å². The average molecular weight is 233 g/mol. The van der Waals surface area contributed by atoms with E-state index in [2.05, 4.69) is 48.1 Å². The molecule has 1 fully saturated rings. The van der Waals surface area contributed by atoms with Gasteiger partial charge in [0.2, 0.25) is 0 Å². The van der Waals surface area contributed by atoms with Crippen molar-refractivity contribution in [2.24, 2.45) is 5.92 Å². The molecule has 0 bridgehead atoms. The maximum absolute atomic E-state index is 4.41. The van der Waals surface area contributed by atoms with E-state index < -0.39 is 0 Å². The largest absolute Gasteiger partial charge is 0.364 e. The predicted molar refractivity (Wildman–Crippen MR) is 72.4 cm³/mol. The number of aryl methyl sites for hydroxylation is 1. The first-order chi connectivity index (χ1) is 8.08. The number of nitrogens with zero attached hydrogens (tertiary/aromatic N) is 2. The van der Waals surface area contributed by atoms with Crippen LogP contribution in [-0.2, 0) is 0 Å². The Morgan fingerprint density at radius 1 is 1.41 bits per heavy atom. The molecular weight excluding hydrogens is 210 g/mol. The number of rotatable bonds is 2. The van der Waals surface area contributed by atoms with Crippen molar-refractivity contribution in [1.29, 1.82) is 0 Å². The Labute approximate surface area is 104 Å². The standard InChI is InChI=1S/C14H23N3/c1-10(2)14-8-16-12(4)9-17(14)13-6-5-11(3)15-7-13/h5-7,10,12,14,16H,8-9H2,1-4H3. The Kier molecular flexibility index (Phi) is 3.67. The van der Waals surface area contributed by atoms with Gasteiger partial charge in [-0.05, 0) is 31.9 Å². The summed E-state index contributed by atoms with van der Waals surface area (Å²) in [5.74, 6) is 0.649. The SMILES string of the molecule is Cc1ccc(N2CC(C)NCC2C(C)C)cn1. The molecule has 2 atom stereocenters. The molecule has 3 nitrogen and oxygen atoms in total. The minimum Gasteiger partial charge on any atom is -0.364 e. The van der Waals surface area contributed by atoms with Crippen LogP contribution in [0.2, 0.25) is 0 Å². The molecular formula is C14H23N3. The van der Waals surface area contributed by atoms with Crippen LogP contribution < -0.4 is 10.2 Å². The summed E-state index contributed by atoms with van der Waals surface area (Å²) in [6, 6.07) is 5.40. The molecule has 0 aromatic carbocycles. The zero-order valence-electron chi connectivity index (χ0n) is 11.3. The van der Waals surface area contributed by atoms with Gasteiger partial charge < -0.3 is 10.2 Å². The van der Waals surface area contributed by atoms with Crippen LogP contribution in [0.5, 0.6) is 0 Å². The van der Waals surface area contributed by atoms with Gasteiger partial charge in [0.25, 0.3) is 0 Å². The third-order valence-corrected chi connectivity index (χ3v) is 3.54. The van der Waals surface area contributed by atoms with Gasteiger partial charge in [-0.15, -0.1) is 0 Å². The van der Waals surface area contributed by atoms with Crippen LogP contribution >= 0.6 is 0 Å². The first-order valence-electron chi connectivity index (χ1n) is 6.50. The highest BCUT2D eigenvalue weighted by atomic mass is 15.2. The monoisotopic (exact) mass is 233 g/mol. The van der Waals surface area contributed by atoms with Crippen molar-refractivity contribution < 1.29 is 0 Å². The van der Waals surface area contributed by atoms with Gasteiger partial charge >= 0.3 is 0 Å². The zero-order valence-corrected chi connectivity index (χ0v) is 11.3. The topological polar surface area (TPSA) is 28.2 Å². The van der Waals surface area contributed by atoms with E-state index in [1.807, 2.05) is 13.1 Å². The van der Waals surface area contributed by atoms with E-state index >= 15 is 0 Å². The van der Waals surface area contributed by atoms with Crippen LogP contribution in [-0.4, -0.2) is 30.2 Å². The molecule has 2 rings (SSSR count). The quantitative estimate of drug-likeness (QED) is 0.849. The van der Waals surface area contributed by atoms with Crippen molar-refractivity contribution in [3.8, 4) is 0 Å². The summed E-state index contributed by atoms with van der Waals surface area (Å²) in [7, 11) is 0. The summed E-state index contributed by atoms with van der Waals surface area (Å²) in [6.45, 7) is 11.0. The maximum Gasteiger partial charge on any atom is 0.0556 e. The van der Waals surface area contributed by atoms with Crippen molar-refractivity contribution in [2.45, 2.75) is 39.8 Å². The highest BCUT2D eigenvalue weighted by Crippen LogP contribution is 2.23. The minimum absolute atomic E-state index is 0.548. The normalized spacial score (nSPS) is 25.4. The molecule has 0 aliphatic carbocycles. The maximum atomic E-state index is 4.41. The van der Waals surface area contributed by atoms with Gasteiger partial charge in [-0.1, -0.05) is 13.8 Å².